The van der Waals surface area contributed by atoms with Gasteiger partial charge in [-0.15, -0.1) is 0 Å². The van der Waals surface area contributed by atoms with E-state index in [0.717, 1.165) is 57.8 Å². The lowest BCUT2D eigenvalue weighted by atomic mass is 10.1. The summed E-state index contributed by atoms with van der Waals surface area (Å²) < 4.78 is 23.4. The lowest BCUT2D eigenvalue weighted by molar-refractivity contribution is -0.870. The monoisotopic (exact) mass is 672 g/mol. The fraction of sp³-hybridized carbons (Fsp3) is 0.811. The molecule has 1 amide bonds. The number of carbonyl (C=O) groups is 1. The minimum atomic E-state index is -4.33. The molecular formula is C37H72N2O6P+. The molecule has 3 N–H and O–H groups in total. The van der Waals surface area contributed by atoms with Gasteiger partial charge in [-0.1, -0.05) is 121 Å². The molecule has 0 aliphatic heterocycles. The van der Waals surface area contributed by atoms with Crippen LogP contribution in [0.15, 0.2) is 36.5 Å². The Morgan fingerprint density at radius 2 is 1.22 bits per heavy atom. The Bertz CT molecular complexity index is 855. The van der Waals surface area contributed by atoms with Crippen molar-refractivity contribution in [1.82, 2.24) is 5.32 Å². The molecule has 46 heavy (non-hydrogen) atoms. The highest BCUT2D eigenvalue weighted by molar-refractivity contribution is 7.47. The van der Waals surface area contributed by atoms with Gasteiger partial charge in [-0.05, 0) is 51.4 Å². The smallest absolute Gasteiger partial charge is 0.387 e. The van der Waals surface area contributed by atoms with Crippen LogP contribution < -0.4 is 5.32 Å². The van der Waals surface area contributed by atoms with Crippen LogP contribution in [0.5, 0.6) is 0 Å². The lowest BCUT2D eigenvalue weighted by Gasteiger charge is -2.25. The number of phosphoric ester groups is 1. The summed E-state index contributed by atoms with van der Waals surface area (Å²) in [5.41, 5.74) is 0. The van der Waals surface area contributed by atoms with E-state index < -0.39 is 20.0 Å². The molecule has 0 bridgehead atoms. The quantitative estimate of drug-likeness (QED) is 0.0285. The molecule has 3 unspecified atom stereocenters. The topological polar surface area (TPSA) is 105 Å². The molecule has 270 valence electrons. The zero-order valence-corrected chi connectivity index (χ0v) is 31.2. The fourth-order valence-electron chi connectivity index (χ4n) is 4.80. The predicted octanol–water partition coefficient (Wildman–Crippen LogP) is 9.18. The third-order valence-corrected chi connectivity index (χ3v) is 8.82. The molecule has 3 atom stereocenters. The number of rotatable bonds is 32. The van der Waals surface area contributed by atoms with Gasteiger partial charge in [0.05, 0.1) is 39.9 Å². The summed E-state index contributed by atoms with van der Waals surface area (Å²) in [5.74, 6) is -0.205. The first-order valence-corrected chi connectivity index (χ1v) is 19.9. The van der Waals surface area contributed by atoms with Gasteiger partial charge in [0.25, 0.3) is 0 Å². The predicted molar refractivity (Wildman–Crippen MR) is 194 cm³/mol. The molecule has 0 aromatic heterocycles. The maximum absolute atomic E-state index is 12.7. The van der Waals surface area contributed by atoms with Gasteiger partial charge in [0, 0.05) is 6.42 Å². The molecule has 0 heterocycles. The molecule has 0 aromatic rings. The van der Waals surface area contributed by atoms with E-state index in [1.807, 2.05) is 27.2 Å². The van der Waals surface area contributed by atoms with Gasteiger partial charge in [0.2, 0.25) is 5.91 Å². The number of likely N-dealkylation sites (N-methyl/N-ethyl adjacent to an activating group) is 1. The Labute approximate surface area is 283 Å². The highest BCUT2D eigenvalue weighted by Crippen LogP contribution is 2.43. The van der Waals surface area contributed by atoms with Crippen molar-refractivity contribution >= 4 is 13.7 Å². The summed E-state index contributed by atoms with van der Waals surface area (Å²) >= 11 is 0. The second kappa shape index (κ2) is 29.8. The van der Waals surface area contributed by atoms with E-state index in [-0.39, 0.29) is 19.1 Å². The first-order chi connectivity index (χ1) is 22.0. The number of nitrogens with one attached hydrogen (secondary N) is 1. The third kappa shape index (κ3) is 31.3. The van der Waals surface area contributed by atoms with Crippen LogP contribution in [0.25, 0.3) is 0 Å². The zero-order valence-electron chi connectivity index (χ0n) is 30.3. The number of carbonyl (C=O) groups excluding carboxylic acids is 1. The normalized spacial score (nSPS) is 15.2. The van der Waals surface area contributed by atoms with Crippen molar-refractivity contribution in [3.63, 3.8) is 0 Å². The average Bonchev–Trinajstić information content (AvgIpc) is 2.99. The van der Waals surface area contributed by atoms with Crippen molar-refractivity contribution in [3.8, 4) is 0 Å². The maximum atomic E-state index is 12.7. The Morgan fingerprint density at radius 1 is 0.717 bits per heavy atom. The molecule has 0 aromatic carbocycles. The number of nitrogens with zero attached hydrogens (tertiary/aromatic N) is 1. The largest absolute Gasteiger partial charge is 0.472 e. The minimum Gasteiger partial charge on any atom is -0.387 e. The van der Waals surface area contributed by atoms with Crippen molar-refractivity contribution in [2.75, 3.05) is 40.9 Å². The molecule has 0 saturated heterocycles. The van der Waals surface area contributed by atoms with Crippen LogP contribution in [0, 0.1) is 0 Å². The first-order valence-electron chi connectivity index (χ1n) is 18.4. The standard InChI is InChI=1S/C37H71N2O6P/c1-6-8-10-12-14-16-18-19-20-21-22-24-26-28-30-36(40)35(34-45-46(42,43)44-33-32-39(3,4)5)38-37(41)31-29-27-25-23-17-15-13-11-9-7-2/h13,15,21-22,28,30,35-36,40H,6-12,14,16-20,23-27,29,31-34H2,1-5H3,(H-,38,41,42,43)/p+1/b15-13-,22-21+,30-28+. The Balaban J connectivity index is 4.65. The van der Waals surface area contributed by atoms with Crippen molar-refractivity contribution in [3.05, 3.63) is 36.5 Å². The Morgan fingerprint density at radius 3 is 1.80 bits per heavy atom. The van der Waals surface area contributed by atoms with Crippen LogP contribution in [-0.2, 0) is 18.4 Å². The summed E-state index contributed by atoms with van der Waals surface area (Å²) in [6, 6.07) is -0.864. The number of amides is 1. The average molecular weight is 672 g/mol. The van der Waals surface area contributed by atoms with E-state index in [4.69, 9.17) is 9.05 Å². The second-order valence-electron chi connectivity index (χ2n) is 13.6. The Hall–Kier alpha value is -1.28. The zero-order chi connectivity index (χ0) is 34.4. The molecule has 0 spiro atoms. The molecule has 0 radical (unpaired) electrons. The maximum Gasteiger partial charge on any atom is 0.472 e. The van der Waals surface area contributed by atoms with Crippen LogP contribution in [0.2, 0.25) is 0 Å². The number of aliphatic hydroxyl groups excluding tert-OH is 1. The van der Waals surface area contributed by atoms with Gasteiger partial charge < -0.3 is 19.8 Å². The third-order valence-electron chi connectivity index (χ3n) is 7.83. The summed E-state index contributed by atoms with van der Waals surface area (Å²) in [7, 11) is 1.54. The number of allylic oxidation sites excluding steroid dienone is 5. The Kier molecular flexibility index (Phi) is 29.0. The molecule has 8 nitrogen and oxygen atoms in total. The van der Waals surface area contributed by atoms with Crippen LogP contribution in [0.3, 0.4) is 0 Å². The molecule has 0 fully saturated rings. The van der Waals surface area contributed by atoms with Gasteiger partial charge in [0.1, 0.15) is 13.2 Å². The number of quaternary nitrogens is 1. The van der Waals surface area contributed by atoms with Crippen molar-refractivity contribution in [2.45, 2.75) is 154 Å². The van der Waals surface area contributed by atoms with Crippen molar-refractivity contribution in [1.29, 1.82) is 0 Å². The molecule has 0 rings (SSSR count). The first kappa shape index (κ1) is 44.7. The summed E-state index contributed by atoms with van der Waals surface area (Å²) in [4.78, 5) is 22.9. The molecule has 9 heteroatoms. The lowest BCUT2D eigenvalue weighted by Crippen LogP contribution is -2.45. The van der Waals surface area contributed by atoms with Crippen LogP contribution in [0.1, 0.15) is 142 Å². The number of phosphoric acid groups is 1. The van der Waals surface area contributed by atoms with Gasteiger partial charge in [-0.3, -0.25) is 13.8 Å². The SMILES string of the molecule is CCCC/C=C\CCCCCCC(=O)NC(COP(=O)(O)OCC[N+](C)(C)C)C(O)/C=C/CC/C=C/CCCCCCCCCC. The van der Waals surface area contributed by atoms with Crippen molar-refractivity contribution in [2.24, 2.45) is 0 Å². The number of unbranched alkanes of at least 4 members (excludes halogenated alkanes) is 15. The van der Waals surface area contributed by atoms with E-state index in [1.54, 1.807) is 6.08 Å². The number of hydrogen-bond acceptors (Lipinski definition) is 5. The number of aliphatic hydroxyl groups is 1. The summed E-state index contributed by atoms with van der Waals surface area (Å²) in [5, 5.41) is 13.7. The molecule has 0 aliphatic carbocycles. The van der Waals surface area contributed by atoms with E-state index in [2.05, 4.69) is 43.5 Å². The van der Waals surface area contributed by atoms with E-state index in [0.29, 0.717) is 17.4 Å². The molecule has 0 aliphatic rings. The van der Waals surface area contributed by atoms with Gasteiger partial charge in [0.15, 0.2) is 0 Å². The molecule has 0 saturated carbocycles. The van der Waals surface area contributed by atoms with Crippen LogP contribution in [0.4, 0.5) is 0 Å². The highest BCUT2D eigenvalue weighted by Gasteiger charge is 2.27. The van der Waals surface area contributed by atoms with Crippen LogP contribution in [-0.4, -0.2) is 73.4 Å². The van der Waals surface area contributed by atoms with E-state index >= 15 is 0 Å². The van der Waals surface area contributed by atoms with E-state index in [9.17, 15) is 19.4 Å². The van der Waals surface area contributed by atoms with E-state index in [1.165, 1.54) is 64.2 Å². The fourth-order valence-corrected chi connectivity index (χ4v) is 5.54. The minimum absolute atomic E-state index is 0.0534. The van der Waals surface area contributed by atoms with Gasteiger partial charge in [-0.2, -0.15) is 0 Å². The summed E-state index contributed by atoms with van der Waals surface area (Å²) in [6.45, 7) is 4.70. The van der Waals surface area contributed by atoms with Gasteiger partial charge >= 0.3 is 7.82 Å². The highest BCUT2D eigenvalue weighted by atomic mass is 31.2. The summed E-state index contributed by atoms with van der Waals surface area (Å²) in [6.07, 6.45) is 33.6. The number of hydrogen-bond donors (Lipinski definition) is 3. The van der Waals surface area contributed by atoms with Gasteiger partial charge in [-0.25, -0.2) is 4.57 Å². The second-order valence-corrected chi connectivity index (χ2v) is 15.0. The van der Waals surface area contributed by atoms with Crippen LogP contribution >= 0.6 is 7.82 Å². The molecular weight excluding hydrogens is 599 g/mol. The van der Waals surface area contributed by atoms with Crippen molar-refractivity contribution < 1.29 is 32.9 Å².